The fraction of sp³-hybridized carbons (Fsp3) is 0.190. The molecule has 0 bridgehead atoms. The average molecular weight is 395 g/mol. The minimum Gasteiger partial charge on any atom is -0.473 e. The second-order valence-electron chi connectivity index (χ2n) is 6.53. The van der Waals surface area contributed by atoms with Crippen LogP contribution in [-0.4, -0.2) is 15.7 Å². The second-order valence-corrected chi connectivity index (χ2v) is 6.97. The predicted molar refractivity (Wildman–Crippen MR) is 108 cm³/mol. The minimum absolute atomic E-state index is 0.243. The number of benzene rings is 1. The third-order valence-corrected chi connectivity index (χ3v) is 4.66. The topological polar surface area (TPSA) is 82.6 Å². The second kappa shape index (κ2) is 8.27. The van der Waals surface area contributed by atoms with Gasteiger partial charge in [-0.25, -0.2) is 9.97 Å². The van der Waals surface area contributed by atoms with E-state index in [-0.39, 0.29) is 6.10 Å². The van der Waals surface area contributed by atoms with Gasteiger partial charge in [-0.1, -0.05) is 47.1 Å². The van der Waals surface area contributed by atoms with Crippen LogP contribution < -0.4 is 10.5 Å². The molecule has 2 N–H and O–H groups in total. The molecule has 4 rings (SSSR count). The summed E-state index contributed by atoms with van der Waals surface area (Å²) in [4.78, 5) is 13.8. The van der Waals surface area contributed by atoms with Gasteiger partial charge < -0.3 is 15.3 Å². The molecule has 3 heterocycles. The van der Waals surface area contributed by atoms with Crippen LogP contribution in [0.2, 0.25) is 5.02 Å². The molecule has 1 atom stereocenters. The maximum absolute atomic E-state index is 6.02. The molecule has 2 aromatic heterocycles. The first-order chi connectivity index (χ1) is 13.7. The highest BCUT2D eigenvalue weighted by atomic mass is 35.5. The Labute approximate surface area is 168 Å². The van der Waals surface area contributed by atoms with Crippen molar-refractivity contribution >= 4 is 23.1 Å². The summed E-state index contributed by atoms with van der Waals surface area (Å²) in [6, 6.07) is 15.6. The average Bonchev–Trinajstić information content (AvgIpc) is 3.18. The maximum Gasteiger partial charge on any atom is 0.213 e. The fourth-order valence-corrected chi connectivity index (χ4v) is 3.17. The quantitative estimate of drug-likeness (QED) is 0.672. The molecule has 0 amide bonds. The van der Waals surface area contributed by atoms with Gasteiger partial charge in [0.05, 0.1) is 10.7 Å². The van der Waals surface area contributed by atoms with Gasteiger partial charge in [-0.2, -0.15) is 0 Å². The van der Waals surface area contributed by atoms with Gasteiger partial charge in [0.1, 0.15) is 12.4 Å². The van der Waals surface area contributed by atoms with E-state index in [2.05, 4.69) is 27.3 Å². The first-order valence-corrected chi connectivity index (χ1v) is 9.29. The molecule has 1 aromatic carbocycles. The molecule has 142 valence electrons. The van der Waals surface area contributed by atoms with Crippen LogP contribution >= 0.6 is 11.6 Å². The minimum atomic E-state index is -0.243. The van der Waals surface area contributed by atoms with Crippen LogP contribution in [0.3, 0.4) is 0 Å². The van der Waals surface area contributed by atoms with Crippen LogP contribution in [0.1, 0.15) is 29.2 Å². The van der Waals surface area contributed by atoms with Crippen molar-refractivity contribution in [3.05, 3.63) is 82.6 Å². The Kier molecular flexibility index (Phi) is 5.39. The van der Waals surface area contributed by atoms with Crippen LogP contribution in [-0.2, 0) is 17.9 Å². The van der Waals surface area contributed by atoms with E-state index in [1.807, 2.05) is 30.3 Å². The summed E-state index contributed by atoms with van der Waals surface area (Å²) in [6.45, 7) is 0.477. The van der Waals surface area contributed by atoms with Crippen molar-refractivity contribution in [1.82, 2.24) is 9.97 Å². The molecule has 0 saturated heterocycles. The van der Waals surface area contributed by atoms with E-state index >= 15 is 0 Å². The lowest BCUT2D eigenvalue weighted by Crippen LogP contribution is -2.06. The highest BCUT2D eigenvalue weighted by Gasteiger charge is 2.25. The first-order valence-electron chi connectivity index (χ1n) is 8.91. The number of hydrogen-bond donors (Lipinski definition) is 1. The van der Waals surface area contributed by atoms with Crippen LogP contribution in [0.25, 0.3) is 0 Å². The van der Waals surface area contributed by atoms with Crippen LogP contribution in [0.4, 0.5) is 5.82 Å². The number of pyridine rings is 2. The number of nitrogen functional groups attached to an aromatic ring is 1. The van der Waals surface area contributed by atoms with Crippen LogP contribution in [0.15, 0.2) is 66.1 Å². The van der Waals surface area contributed by atoms with E-state index < -0.39 is 0 Å². The molecular formula is C21H19ClN4O2. The zero-order chi connectivity index (χ0) is 19.3. The lowest BCUT2D eigenvalue weighted by Gasteiger charge is -2.10. The Morgan fingerprint density at radius 2 is 1.93 bits per heavy atom. The number of halogens is 1. The first kappa shape index (κ1) is 18.3. The van der Waals surface area contributed by atoms with Crippen molar-refractivity contribution in [2.45, 2.75) is 25.6 Å². The highest BCUT2D eigenvalue weighted by molar-refractivity contribution is 6.30. The van der Waals surface area contributed by atoms with Crippen molar-refractivity contribution in [2.75, 3.05) is 5.73 Å². The molecule has 7 heteroatoms. The molecule has 1 unspecified atom stereocenters. The molecule has 6 nitrogen and oxygen atoms in total. The maximum atomic E-state index is 6.02. The van der Waals surface area contributed by atoms with Gasteiger partial charge >= 0.3 is 0 Å². The zero-order valence-electron chi connectivity index (χ0n) is 15.1. The smallest absolute Gasteiger partial charge is 0.213 e. The zero-order valence-corrected chi connectivity index (χ0v) is 15.8. The molecular weight excluding hydrogens is 376 g/mol. The van der Waals surface area contributed by atoms with Gasteiger partial charge in [0.2, 0.25) is 5.88 Å². The van der Waals surface area contributed by atoms with Crippen molar-refractivity contribution in [1.29, 1.82) is 0 Å². The van der Waals surface area contributed by atoms with Crippen molar-refractivity contribution < 1.29 is 9.57 Å². The van der Waals surface area contributed by atoms with Gasteiger partial charge in [-0.3, -0.25) is 0 Å². The van der Waals surface area contributed by atoms with Gasteiger partial charge in [0, 0.05) is 36.9 Å². The summed E-state index contributed by atoms with van der Waals surface area (Å²) >= 11 is 6.02. The number of rotatable bonds is 6. The SMILES string of the molecule is Nc1ncc(Cl)cc1C1CC(Cc2ccc(COc3ccccn3)cc2)=NO1. The lowest BCUT2D eigenvalue weighted by atomic mass is 10.00. The van der Waals surface area contributed by atoms with E-state index in [0.29, 0.717) is 36.2 Å². The highest BCUT2D eigenvalue weighted by Crippen LogP contribution is 2.32. The van der Waals surface area contributed by atoms with Gasteiger partial charge in [-0.15, -0.1) is 0 Å². The van der Waals surface area contributed by atoms with Crippen LogP contribution in [0, 0.1) is 0 Å². The summed E-state index contributed by atoms with van der Waals surface area (Å²) < 4.78 is 5.67. The molecule has 0 fully saturated rings. The van der Waals surface area contributed by atoms with E-state index in [1.165, 1.54) is 6.20 Å². The third-order valence-electron chi connectivity index (χ3n) is 4.45. The lowest BCUT2D eigenvalue weighted by molar-refractivity contribution is 0.0860. The number of anilines is 1. The number of nitrogens with two attached hydrogens (primary N) is 1. The van der Waals surface area contributed by atoms with E-state index in [4.69, 9.17) is 26.9 Å². The molecule has 1 aliphatic heterocycles. The largest absolute Gasteiger partial charge is 0.473 e. The Morgan fingerprint density at radius 3 is 2.71 bits per heavy atom. The Hall–Kier alpha value is -3.12. The molecule has 0 spiro atoms. The molecule has 1 aliphatic rings. The summed E-state index contributed by atoms with van der Waals surface area (Å²) in [5, 5.41) is 4.75. The number of aromatic nitrogens is 2. The molecule has 3 aromatic rings. The van der Waals surface area contributed by atoms with Gasteiger partial charge in [-0.05, 0) is 23.3 Å². The summed E-state index contributed by atoms with van der Waals surface area (Å²) in [6.07, 6.45) is 4.37. The molecule has 0 radical (unpaired) electrons. The van der Waals surface area contributed by atoms with Gasteiger partial charge in [0.15, 0.2) is 6.10 Å². The fourth-order valence-electron chi connectivity index (χ4n) is 3.00. The van der Waals surface area contributed by atoms with Gasteiger partial charge in [0.25, 0.3) is 0 Å². The summed E-state index contributed by atoms with van der Waals surface area (Å²) in [7, 11) is 0. The number of nitrogens with zero attached hydrogens (tertiary/aromatic N) is 3. The number of ether oxygens (including phenoxy) is 1. The molecule has 28 heavy (non-hydrogen) atoms. The van der Waals surface area contributed by atoms with Crippen LogP contribution in [0.5, 0.6) is 5.88 Å². The summed E-state index contributed by atoms with van der Waals surface area (Å²) in [5.74, 6) is 1.04. The van der Waals surface area contributed by atoms with E-state index in [1.54, 1.807) is 12.3 Å². The Bertz CT molecular complexity index is 977. The van der Waals surface area contributed by atoms with Crippen molar-refractivity contribution in [3.63, 3.8) is 0 Å². The standard InChI is InChI=1S/C21H19ClN4O2/c22-16-10-18(21(23)25-12-16)19-11-17(26-28-19)9-14-4-6-15(7-5-14)13-27-20-3-1-2-8-24-20/h1-8,10,12,19H,9,11,13H2,(H2,23,25). The number of oxime groups is 1. The Balaban J connectivity index is 1.33. The molecule has 0 aliphatic carbocycles. The molecule has 0 saturated carbocycles. The number of hydrogen-bond acceptors (Lipinski definition) is 6. The van der Waals surface area contributed by atoms with E-state index in [9.17, 15) is 0 Å². The third kappa shape index (κ3) is 4.40. The van der Waals surface area contributed by atoms with Crippen molar-refractivity contribution in [2.24, 2.45) is 5.16 Å². The van der Waals surface area contributed by atoms with Crippen molar-refractivity contribution in [3.8, 4) is 5.88 Å². The summed E-state index contributed by atoms with van der Waals surface area (Å²) in [5.41, 5.74) is 9.90. The normalized spacial score (nSPS) is 15.8. The Morgan fingerprint density at radius 1 is 1.11 bits per heavy atom. The van der Waals surface area contributed by atoms with E-state index in [0.717, 1.165) is 22.4 Å². The predicted octanol–water partition coefficient (Wildman–Crippen LogP) is 4.35. The monoisotopic (exact) mass is 394 g/mol.